The summed E-state index contributed by atoms with van der Waals surface area (Å²) in [5.74, 6) is 0.691. The molecule has 0 aromatic heterocycles. The third-order valence-corrected chi connectivity index (χ3v) is 2.61. The number of benzene rings is 1. The lowest BCUT2D eigenvalue weighted by Crippen LogP contribution is -2.11. The summed E-state index contributed by atoms with van der Waals surface area (Å²) in [6, 6.07) is 2.97. The third-order valence-electron chi connectivity index (χ3n) is 2.61. The first-order chi connectivity index (χ1) is 8.04. The number of ether oxygens (including phenoxy) is 2. The fraction of sp³-hybridized carbons (Fsp3) is 0.455. The van der Waals surface area contributed by atoms with E-state index in [1.54, 1.807) is 6.07 Å². The Morgan fingerprint density at radius 2 is 1.88 bits per heavy atom. The SMILES string of the molecule is COc1cc(C(C)CN)c([N+](=O)[O-])cc1OC. The molecule has 2 N–H and O–H groups in total. The van der Waals surface area contributed by atoms with E-state index in [1.165, 1.54) is 20.3 Å². The summed E-state index contributed by atoms with van der Waals surface area (Å²) in [5, 5.41) is 11.0. The fourth-order valence-corrected chi connectivity index (χ4v) is 1.56. The number of hydrogen-bond acceptors (Lipinski definition) is 5. The molecule has 94 valence electrons. The van der Waals surface area contributed by atoms with Crippen molar-refractivity contribution in [3.05, 3.63) is 27.8 Å². The Kier molecular flexibility index (Phi) is 4.28. The van der Waals surface area contributed by atoms with Crippen molar-refractivity contribution in [1.29, 1.82) is 0 Å². The summed E-state index contributed by atoms with van der Waals surface area (Å²) in [7, 11) is 2.92. The smallest absolute Gasteiger partial charge is 0.276 e. The van der Waals surface area contributed by atoms with Crippen molar-refractivity contribution in [1.82, 2.24) is 0 Å². The van der Waals surface area contributed by atoms with Gasteiger partial charge in [-0.25, -0.2) is 0 Å². The molecule has 0 aliphatic rings. The van der Waals surface area contributed by atoms with Crippen molar-refractivity contribution in [3.8, 4) is 11.5 Å². The number of nitrogens with zero attached hydrogens (tertiary/aromatic N) is 1. The highest BCUT2D eigenvalue weighted by Crippen LogP contribution is 2.37. The molecule has 1 unspecified atom stereocenters. The lowest BCUT2D eigenvalue weighted by molar-refractivity contribution is -0.385. The maximum atomic E-state index is 11.0. The average molecular weight is 240 g/mol. The molecule has 0 bridgehead atoms. The van der Waals surface area contributed by atoms with Gasteiger partial charge in [0.2, 0.25) is 0 Å². The molecule has 6 nitrogen and oxygen atoms in total. The molecule has 1 aromatic carbocycles. The zero-order valence-corrected chi connectivity index (χ0v) is 10.1. The van der Waals surface area contributed by atoms with Gasteiger partial charge in [0.1, 0.15) is 0 Å². The van der Waals surface area contributed by atoms with Crippen LogP contribution in [0.15, 0.2) is 12.1 Å². The number of nitrogens with two attached hydrogens (primary N) is 1. The predicted molar refractivity (Wildman–Crippen MR) is 63.7 cm³/mol. The normalized spacial score (nSPS) is 12.0. The summed E-state index contributed by atoms with van der Waals surface area (Å²) in [5.41, 5.74) is 6.09. The minimum Gasteiger partial charge on any atom is -0.493 e. The molecule has 0 radical (unpaired) electrons. The van der Waals surface area contributed by atoms with Crippen molar-refractivity contribution in [3.63, 3.8) is 0 Å². The second kappa shape index (κ2) is 5.49. The van der Waals surface area contributed by atoms with Crippen LogP contribution in [-0.2, 0) is 0 Å². The number of nitro groups is 1. The van der Waals surface area contributed by atoms with Gasteiger partial charge in [0.05, 0.1) is 25.2 Å². The molecule has 1 atom stereocenters. The Morgan fingerprint density at radius 1 is 1.35 bits per heavy atom. The number of rotatable bonds is 5. The van der Waals surface area contributed by atoms with E-state index in [1.807, 2.05) is 6.92 Å². The topological polar surface area (TPSA) is 87.6 Å². The van der Waals surface area contributed by atoms with Gasteiger partial charge in [0, 0.05) is 11.5 Å². The molecule has 6 heteroatoms. The molecule has 17 heavy (non-hydrogen) atoms. The van der Waals surface area contributed by atoms with Crippen LogP contribution in [0, 0.1) is 10.1 Å². The lowest BCUT2D eigenvalue weighted by atomic mass is 9.99. The Balaban J connectivity index is 3.40. The highest BCUT2D eigenvalue weighted by molar-refractivity contribution is 5.55. The first-order valence-electron chi connectivity index (χ1n) is 5.15. The Labute approximate surface area is 99.5 Å². The summed E-state index contributed by atoms with van der Waals surface area (Å²) >= 11 is 0. The quantitative estimate of drug-likeness (QED) is 0.624. The molecule has 1 aromatic rings. The zero-order chi connectivity index (χ0) is 13.0. The van der Waals surface area contributed by atoms with Gasteiger partial charge in [-0.15, -0.1) is 0 Å². The van der Waals surface area contributed by atoms with E-state index in [2.05, 4.69) is 0 Å². The number of methoxy groups -OCH3 is 2. The molecule has 0 amide bonds. The Morgan fingerprint density at radius 3 is 2.29 bits per heavy atom. The van der Waals surface area contributed by atoms with Crippen LogP contribution in [0.3, 0.4) is 0 Å². The minimum atomic E-state index is -0.441. The second-order valence-electron chi connectivity index (χ2n) is 3.66. The van der Waals surface area contributed by atoms with E-state index in [0.29, 0.717) is 23.6 Å². The molecule has 0 saturated heterocycles. The van der Waals surface area contributed by atoms with Gasteiger partial charge in [0.15, 0.2) is 11.5 Å². The minimum absolute atomic E-state index is 0.000556. The van der Waals surface area contributed by atoms with Crippen molar-refractivity contribution >= 4 is 5.69 Å². The van der Waals surface area contributed by atoms with E-state index < -0.39 is 4.92 Å². The summed E-state index contributed by atoms with van der Waals surface area (Å²) in [6.45, 7) is 2.16. The molecule has 0 fully saturated rings. The van der Waals surface area contributed by atoms with Crippen LogP contribution in [0.5, 0.6) is 11.5 Å². The summed E-state index contributed by atoms with van der Waals surface area (Å²) in [4.78, 5) is 10.5. The lowest BCUT2D eigenvalue weighted by Gasteiger charge is -2.13. The van der Waals surface area contributed by atoms with E-state index in [4.69, 9.17) is 15.2 Å². The van der Waals surface area contributed by atoms with Gasteiger partial charge in [-0.2, -0.15) is 0 Å². The molecule has 0 aliphatic carbocycles. The van der Waals surface area contributed by atoms with E-state index in [-0.39, 0.29) is 11.6 Å². The monoisotopic (exact) mass is 240 g/mol. The van der Waals surface area contributed by atoms with E-state index >= 15 is 0 Å². The number of nitro benzene ring substituents is 1. The molecule has 0 aliphatic heterocycles. The van der Waals surface area contributed by atoms with Crippen molar-refractivity contribution in [2.45, 2.75) is 12.8 Å². The Hall–Kier alpha value is -1.82. The maximum Gasteiger partial charge on any atom is 0.276 e. The summed E-state index contributed by atoms with van der Waals surface area (Å²) < 4.78 is 10.2. The molecule has 1 rings (SSSR count). The Bertz CT molecular complexity index is 420. The second-order valence-corrected chi connectivity index (χ2v) is 3.66. The van der Waals surface area contributed by atoms with Gasteiger partial charge in [-0.1, -0.05) is 6.92 Å². The van der Waals surface area contributed by atoms with Crippen molar-refractivity contribution < 1.29 is 14.4 Å². The average Bonchev–Trinajstić information content (AvgIpc) is 2.35. The van der Waals surface area contributed by atoms with E-state index in [9.17, 15) is 10.1 Å². The van der Waals surface area contributed by atoms with Crippen molar-refractivity contribution in [2.24, 2.45) is 5.73 Å². The van der Waals surface area contributed by atoms with Crippen LogP contribution in [0.2, 0.25) is 0 Å². The molecular weight excluding hydrogens is 224 g/mol. The van der Waals surface area contributed by atoms with Crippen molar-refractivity contribution in [2.75, 3.05) is 20.8 Å². The largest absolute Gasteiger partial charge is 0.493 e. The van der Waals surface area contributed by atoms with Crippen LogP contribution >= 0.6 is 0 Å². The molecule has 0 saturated carbocycles. The fourth-order valence-electron chi connectivity index (χ4n) is 1.56. The van der Waals surface area contributed by atoms with Crippen LogP contribution in [0.1, 0.15) is 18.4 Å². The van der Waals surface area contributed by atoms with Gasteiger partial charge >= 0.3 is 0 Å². The number of hydrogen-bond donors (Lipinski definition) is 1. The van der Waals surface area contributed by atoms with Gasteiger partial charge < -0.3 is 15.2 Å². The summed E-state index contributed by atoms with van der Waals surface area (Å²) in [6.07, 6.45) is 0. The van der Waals surface area contributed by atoms with Gasteiger partial charge in [-0.05, 0) is 12.6 Å². The van der Waals surface area contributed by atoms with Gasteiger partial charge in [0.25, 0.3) is 5.69 Å². The van der Waals surface area contributed by atoms with Gasteiger partial charge in [-0.3, -0.25) is 10.1 Å². The van der Waals surface area contributed by atoms with Crippen LogP contribution in [-0.4, -0.2) is 25.7 Å². The van der Waals surface area contributed by atoms with Crippen LogP contribution < -0.4 is 15.2 Å². The predicted octanol–water partition coefficient (Wildman–Crippen LogP) is 1.67. The molecular formula is C11H16N2O4. The first kappa shape index (κ1) is 13.2. The van der Waals surface area contributed by atoms with Crippen LogP contribution in [0.25, 0.3) is 0 Å². The zero-order valence-electron chi connectivity index (χ0n) is 10.1. The highest BCUT2D eigenvalue weighted by Gasteiger charge is 2.22. The molecule has 0 spiro atoms. The van der Waals surface area contributed by atoms with E-state index in [0.717, 1.165) is 0 Å². The third kappa shape index (κ3) is 2.65. The van der Waals surface area contributed by atoms with Crippen LogP contribution in [0.4, 0.5) is 5.69 Å². The first-order valence-corrected chi connectivity index (χ1v) is 5.15. The standard InChI is InChI=1S/C11H16N2O4/c1-7(6-12)8-4-10(16-2)11(17-3)5-9(8)13(14)15/h4-5,7H,6,12H2,1-3H3. The maximum absolute atomic E-state index is 11.0. The molecule has 0 heterocycles. The highest BCUT2D eigenvalue weighted by atomic mass is 16.6.